The molecule has 10 nitrogen and oxygen atoms in total. The Labute approximate surface area is 228 Å². The van der Waals surface area contributed by atoms with Crippen molar-refractivity contribution >= 4 is 45.9 Å². The number of nitrogens with two attached hydrogens (primary N) is 1. The lowest BCUT2D eigenvalue weighted by molar-refractivity contribution is -0.137. The highest BCUT2D eigenvalue weighted by Gasteiger charge is 2.31. The van der Waals surface area contributed by atoms with Crippen LogP contribution in [0, 0.1) is 6.92 Å². The van der Waals surface area contributed by atoms with Gasteiger partial charge in [-0.05, 0) is 56.7 Å². The number of fused-ring (bicyclic) bond motifs is 1. The first kappa shape index (κ1) is 27.1. The van der Waals surface area contributed by atoms with Gasteiger partial charge in [0, 0.05) is 42.1 Å². The van der Waals surface area contributed by atoms with Crippen molar-refractivity contribution in [3.63, 3.8) is 0 Å². The first-order valence-corrected chi connectivity index (χ1v) is 12.6. The fourth-order valence-electron chi connectivity index (χ4n) is 4.68. The zero-order chi connectivity index (χ0) is 28.6. The Balaban J connectivity index is 1.43. The number of alkyl halides is 3. The van der Waals surface area contributed by atoms with Crippen LogP contribution in [0.5, 0.6) is 0 Å². The van der Waals surface area contributed by atoms with Crippen molar-refractivity contribution in [3.8, 4) is 0 Å². The molecule has 0 spiro atoms. The Morgan fingerprint density at radius 2 is 1.80 bits per heavy atom. The lowest BCUT2D eigenvalue weighted by Crippen LogP contribution is -2.54. The minimum Gasteiger partial charge on any atom is -0.382 e. The summed E-state index contributed by atoms with van der Waals surface area (Å²) in [5.74, 6) is 0.420. The summed E-state index contributed by atoms with van der Waals surface area (Å²) in [7, 11) is 0. The number of aromatic nitrogens is 4. The maximum absolute atomic E-state index is 13.1. The van der Waals surface area contributed by atoms with E-state index in [2.05, 4.69) is 49.6 Å². The zero-order valence-electron chi connectivity index (χ0n) is 22.0. The van der Waals surface area contributed by atoms with Crippen molar-refractivity contribution in [1.82, 2.24) is 25.3 Å². The number of nitrogens with zero attached hydrogens (tertiary/aromatic N) is 5. The van der Waals surface area contributed by atoms with E-state index in [1.54, 1.807) is 18.2 Å². The molecule has 3 heterocycles. The molecule has 1 aliphatic heterocycles. The second-order valence-corrected chi connectivity index (χ2v) is 9.89. The lowest BCUT2D eigenvalue weighted by Gasteiger charge is -2.36. The number of carbonyl (C=O) groups is 1. The molecule has 2 aromatic heterocycles. The summed E-state index contributed by atoms with van der Waals surface area (Å²) in [5.41, 5.74) is 7.90. The van der Waals surface area contributed by atoms with E-state index in [0.29, 0.717) is 47.3 Å². The third-order valence-electron chi connectivity index (χ3n) is 6.54. The van der Waals surface area contributed by atoms with Gasteiger partial charge in [0.05, 0.1) is 5.56 Å². The fourth-order valence-corrected chi connectivity index (χ4v) is 4.68. The molecule has 0 radical (unpaired) electrons. The Hall–Kier alpha value is -4.52. The molecule has 0 saturated carbocycles. The number of anilines is 5. The van der Waals surface area contributed by atoms with Crippen molar-refractivity contribution in [2.75, 3.05) is 34.4 Å². The van der Waals surface area contributed by atoms with Crippen LogP contribution in [0.4, 0.5) is 42.1 Å². The Kier molecular flexibility index (Phi) is 7.15. The van der Waals surface area contributed by atoms with Crippen LogP contribution in [0.25, 0.3) is 11.0 Å². The van der Waals surface area contributed by atoms with Gasteiger partial charge in [-0.25, -0.2) is 15.0 Å². The normalized spacial score (nSPS) is 17.6. The van der Waals surface area contributed by atoms with Crippen LogP contribution in [0.2, 0.25) is 0 Å². The molecule has 1 saturated heterocycles. The van der Waals surface area contributed by atoms with E-state index in [9.17, 15) is 18.0 Å². The predicted molar refractivity (Wildman–Crippen MR) is 148 cm³/mol. The third kappa shape index (κ3) is 5.73. The smallest absolute Gasteiger partial charge is 0.382 e. The molecule has 40 heavy (non-hydrogen) atoms. The number of benzene rings is 2. The van der Waals surface area contributed by atoms with Crippen molar-refractivity contribution in [2.24, 2.45) is 0 Å². The third-order valence-corrected chi connectivity index (χ3v) is 6.54. The number of nitrogen functional groups attached to an aromatic ring is 1. The number of halogens is 3. The van der Waals surface area contributed by atoms with Gasteiger partial charge in [0.1, 0.15) is 17.4 Å². The Morgan fingerprint density at radius 1 is 1.05 bits per heavy atom. The second-order valence-electron chi connectivity index (χ2n) is 9.89. The van der Waals surface area contributed by atoms with Gasteiger partial charge in [-0.1, -0.05) is 12.1 Å². The molecule has 4 aromatic rings. The van der Waals surface area contributed by atoms with Crippen molar-refractivity contribution < 1.29 is 18.0 Å². The molecule has 2 unspecified atom stereocenters. The predicted octanol–water partition coefficient (Wildman–Crippen LogP) is 4.51. The number of hydrogen-bond donors (Lipinski definition) is 4. The van der Waals surface area contributed by atoms with Gasteiger partial charge in [-0.2, -0.15) is 18.2 Å². The summed E-state index contributed by atoms with van der Waals surface area (Å²) < 4.78 is 39.3. The largest absolute Gasteiger partial charge is 0.416 e. The molecule has 0 bridgehead atoms. The molecule has 13 heteroatoms. The first-order valence-electron chi connectivity index (χ1n) is 12.6. The zero-order valence-corrected chi connectivity index (χ0v) is 22.0. The average Bonchev–Trinajstić information content (AvgIpc) is 2.90. The molecule has 0 aliphatic carbocycles. The number of nitrogens with one attached hydrogen (secondary N) is 3. The average molecular weight is 552 g/mol. The molecule has 208 valence electrons. The minimum atomic E-state index is -4.55. The summed E-state index contributed by atoms with van der Waals surface area (Å²) in [6.07, 6.45) is -3.20. The van der Waals surface area contributed by atoms with E-state index in [-0.39, 0.29) is 23.5 Å². The van der Waals surface area contributed by atoms with E-state index in [1.165, 1.54) is 18.5 Å². The first-order chi connectivity index (χ1) is 19.0. The number of hydrogen-bond acceptors (Lipinski definition) is 9. The molecule has 5 N–H and O–H groups in total. The molecular formula is C27H28F3N9O. The van der Waals surface area contributed by atoms with E-state index < -0.39 is 17.6 Å². The SMILES string of the molecule is Cc1ccc(NC(=O)c2cccc(C(F)(F)F)c2)cc1Nc1ncnc2c(N)nc(N3CC(C)NC(C)C3)nc12. The van der Waals surface area contributed by atoms with Crippen molar-refractivity contribution in [1.29, 1.82) is 0 Å². The van der Waals surface area contributed by atoms with Gasteiger partial charge >= 0.3 is 6.18 Å². The van der Waals surface area contributed by atoms with Gasteiger partial charge in [0.15, 0.2) is 11.6 Å². The minimum absolute atomic E-state index is 0.108. The number of rotatable bonds is 5. The van der Waals surface area contributed by atoms with E-state index in [4.69, 9.17) is 10.7 Å². The summed E-state index contributed by atoms with van der Waals surface area (Å²) in [6.45, 7) is 7.45. The molecule has 2 aromatic carbocycles. The van der Waals surface area contributed by atoms with Crippen molar-refractivity contribution in [2.45, 2.75) is 39.0 Å². The fraction of sp³-hybridized carbons (Fsp3) is 0.296. The van der Waals surface area contributed by atoms with Crippen LogP contribution in [0.1, 0.15) is 35.3 Å². The highest BCUT2D eigenvalue weighted by molar-refractivity contribution is 6.04. The van der Waals surface area contributed by atoms with Gasteiger partial charge < -0.3 is 26.6 Å². The topological polar surface area (TPSA) is 134 Å². The number of piperazine rings is 1. The quantitative estimate of drug-likeness (QED) is 0.283. The van der Waals surface area contributed by atoms with Crippen LogP contribution >= 0.6 is 0 Å². The summed E-state index contributed by atoms with van der Waals surface area (Å²) in [6, 6.07) is 9.84. The summed E-state index contributed by atoms with van der Waals surface area (Å²) in [5, 5.41) is 9.38. The number of carbonyl (C=O) groups excluding carboxylic acids is 1. The monoisotopic (exact) mass is 551 g/mol. The van der Waals surface area contributed by atoms with Crippen LogP contribution in [-0.4, -0.2) is 51.0 Å². The maximum Gasteiger partial charge on any atom is 0.416 e. The molecule has 1 aliphatic rings. The van der Waals surface area contributed by atoms with Crippen molar-refractivity contribution in [3.05, 3.63) is 65.5 Å². The standard InChI is InChI=1S/C27H28F3N9O/c1-14-7-8-19(35-25(40)17-5-4-6-18(9-17)27(28,29)30)10-20(14)36-24-22-21(32-13-33-24)23(31)38-26(37-22)39-11-15(2)34-16(3)12-39/h4-10,13,15-16,34H,11-12H2,1-3H3,(H,35,40)(H2,31,37,38)(H,32,33,36). The van der Waals surface area contributed by atoms with Gasteiger partial charge in [-0.3, -0.25) is 4.79 Å². The van der Waals surface area contributed by atoms with Crippen LogP contribution in [0.3, 0.4) is 0 Å². The van der Waals surface area contributed by atoms with Gasteiger partial charge in [0.2, 0.25) is 5.95 Å². The van der Waals surface area contributed by atoms with Gasteiger partial charge in [-0.15, -0.1) is 0 Å². The molecular weight excluding hydrogens is 523 g/mol. The summed E-state index contributed by atoms with van der Waals surface area (Å²) in [4.78, 5) is 32.7. The van der Waals surface area contributed by atoms with Crippen LogP contribution in [-0.2, 0) is 6.18 Å². The van der Waals surface area contributed by atoms with E-state index in [0.717, 1.165) is 17.7 Å². The summed E-state index contributed by atoms with van der Waals surface area (Å²) >= 11 is 0. The molecule has 5 rings (SSSR count). The maximum atomic E-state index is 13.1. The molecule has 1 amide bonds. The van der Waals surface area contributed by atoms with E-state index in [1.807, 2.05) is 6.92 Å². The Bertz CT molecular complexity index is 1570. The van der Waals surface area contributed by atoms with Crippen LogP contribution < -0.4 is 26.6 Å². The van der Waals surface area contributed by atoms with E-state index >= 15 is 0 Å². The van der Waals surface area contributed by atoms with Crippen LogP contribution in [0.15, 0.2) is 48.8 Å². The van der Waals surface area contributed by atoms with Gasteiger partial charge in [0.25, 0.3) is 5.91 Å². The highest BCUT2D eigenvalue weighted by atomic mass is 19.4. The number of aryl methyl sites for hydroxylation is 1. The Morgan fingerprint density at radius 3 is 2.52 bits per heavy atom. The lowest BCUT2D eigenvalue weighted by atomic mass is 10.1. The number of amides is 1. The molecule has 1 fully saturated rings. The highest BCUT2D eigenvalue weighted by Crippen LogP contribution is 2.31. The molecule has 2 atom stereocenters. The second kappa shape index (κ2) is 10.6.